The van der Waals surface area contributed by atoms with Crippen molar-refractivity contribution in [2.75, 3.05) is 0 Å². The molecule has 1 rings (SSSR count). The number of allylic oxidation sites excluding steroid dienone is 1. The fourth-order valence-electron chi connectivity index (χ4n) is 1.64. The third kappa shape index (κ3) is 2.36. The predicted octanol–water partition coefficient (Wildman–Crippen LogP) is 2.34. The Morgan fingerprint density at radius 1 is 1.30 bits per heavy atom. The second-order valence-corrected chi connectivity index (χ2v) is 3.06. The van der Waals surface area contributed by atoms with Gasteiger partial charge in [-0.3, -0.25) is 0 Å². The van der Waals surface area contributed by atoms with Crippen LogP contribution >= 0.6 is 0 Å². The van der Waals surface area contributed by atoms with E-state index in [2.05, 4.69) is 0 Å². The molecule has 1 aliphatic carbocycles. The van der Waals surface area contributed by atoms with E-state index in [1.54, 1.807) is 6.08 Å². The Labute approximate surface area is 62.1 Å². The molecule has 0 aromatic rings. The van der Waals surface area contributed by atoms with Crippen molar-refractivity contribution >= 4 is 5.94 Å². The van der Waals surface area contributed by atoms with Crippen molar-refractivity contribution in [1.82, 2.24) is 0 Å². The Balaban J connectivity index is 2.19. The normalized spacial score (nSPS) is 20.0. The van der Waals surface area contributed by atoms with Gasteiger partial charge < -0.3 is 0 Å². The average Bonchev–Trinajstić information content (AvgIpc) is 2.03. The maximum Gasteiger partial charge on any atom is 0.120 e. The Kier molecular flexibility index (Phi) is 3.25. The number of rotatable bonds is 2. The molecule has 0 aliphatic heterocycles. The Bertz CT molecular complexity index is 128. The molecular weight excluding hydrogens is 124 g/mol. The zero-order chi connectivity index (χ0) is 7.23. The molecule has 0 unspecified atom stereocenters. The second-order valence-electron chi connectivity index (χ2n) is 3.06. The van der Waals surface area contributed by atoms with Crippen LogP contribution in [0.3, 0.4) is 0 Å². The third-order valence-corrected chi connectivity index (χ3v) is 2.26. The molecule has 1 aliphatic rings. The van der Waals surface area contributed by atoms with Gasteiger partial charge in [-0.05, 0) is 12.3 Å². The summed E-state index contributed by atoms with van der Waals surface area (Å²) in [5.74, 6) is 2.63. The molecule has 1 heteroatoms. The summed E-state index contributed by atoms with van der Waals surface area (Å²) in [6.07, 6.45) is 9.34. The summed E-state index contributed by atoms with van der Waals surface area (Å²) in [6.45, 7) is 0. The van der Waals surface area contributed by atoms with E-state index in [0.29, 0.717) is 0 Å². The lowest BCUT2D eigenvalue weighted by Crippen LogP contribution is -2.04. The van der Waals surface area contributed by atoms with Crippen LogP contribution in [0.25, 0.3) is 0 Å². The summed E-state index contributed by atoms with van der Waals surface area (Å²) in [5.41, 5.74) is 0. The topological polar surface area (TPSA) is 17.1 Å². The van der Waals surface area contributed by atoms with E-state index >= 15 is 0 Å². The largest absolute Gasteiger partial charge is 0.234 e. The summed E-state index contributed by atoms with van der Waals surface area (Å²) in [4.78, 5) is 9.87. The molecule has 0 atom stereocenters. The summed E-state index contributed by atoms with van der Waals surface area (Å²) in [7, 11) is 0. The molecule has 0 aromatic carbocycles. The molecule has 56 valence electrons. The lowest BCUT2D eigenvalue weighted by atomic mass is 9.87. The first kappa shape index (κ1) is 7.56. The van der Waals surface area contributed by atoms with Crippen LogP contribution in [-0.4, -0.2) is 5.94 Å². The molecule has 0 N–H and O–H groups in total. The van der Waals surface area contributed by atoms with Gasteiger partial charge in [0, 0.05) is 6.08 Å². The van der Waals surface area contributed by atoms with Crippen molar-refractivity contribution in [3.63, 3.8) is 0 Å². The van der Waals surface area contributed by atoms with E-state index in [9.17, 15) is 4.79 Å². The smallest absolute Gasteiger partial charge is 0.120 e. The molecule has 0 bridgehead atoms. The molecule has 1 saturated carbocycles. The summed E-state index contributed by atoms with van der Waals surface area (Å²) < 4.78 is 0. The van der Waals surface area contributed by atoms with Crippen LogP contribution in [0.5, 0.6) is 0 Å². The minimum Gasteiger partial charge on any atom is -0.234 e. The van der Waals surface area contributed by atoms with E-state index in [4.69, 9.17) is 0 Å². The van der Waals surface area contributed by atoms with Crippen molar-refractivity contribution in [3.8, 4) is 0 Å². The van der Waals surface area contributed by atoms with Gasteiger partial charge in [-0.15, -0.1) is 0 Å². The van der Waals surface area contributed by atoms with Crippen LogP contribution < -0.4 is 0 Å². The first-order valence-electron chi connectivity index (χ1n) is 4.13. The SMILES string of the molecule is O=C=CCC1CCCCC1. The van der Waals surface area contributed by atoms with Crippen molar-refractivity contribution in [1.29, 1.82) is 0 Å². The molecule has 1 nitrogen and oxygen atoms in total. The molecule has 0 heterocycles. The van der Waals surface area contributed by atoms with Crippen molar-refractivity contribution < 1.29 is 4.79 Å². The maximum atomic E-state index is 9.87. The first-order valence-corrected chi connectivity index (χ1v) is 4.13. The maximum absolute atomic E-state index is 9.87. The van der Waals surface area contributed by atoms with E-state index < -0.39 is 0 Å². The molecular formula is C9H14O. The van der Waals surface area contributed by atoms with Gasteiger partial charge in [0.1, 0.15) is 5.94 Å². The van der Waals surface area contributed by atoms with E-state index in [1.807, 2.05) is 5.94 Å². The molecule has 10 heavy (non-hydrogen) atoms. The van der Waals surface area contributed by atoms with Gasteiger partial charge in [-0.1, -0.05) is 32.1 Å². The van der Waals surface area contributed by atoms with Crippen molar-refractivity contribution in [2.45, 2.75) is 38.5 Å². The number of hydrogen-bond acceptors (Lipinski definition) is 1. The number of carbonyl (C=O) groups excluding carboxylic acids is 1. The molecule has 1 fully saturated rings. The lowest BCUT2D eigenvalue weighted by molar-refractivity contribution is 0.361. The van der Waals surface area contributed by atoms with Crippen LogP contribution in [0.15, 0.2) is 6.08 Å². The van der Waals surface area contributed by atoms with Crippen LogP contribution in [-0.2, 0) is 4.79 Å². The quantitative estimate of drug-likeness (QED) is 0.535. The summed E-state index contributed by atoms with van der Waals surface area (Å²) >= 11 is 0. The average molecular weight is 138 g/mol. The first-order chi connectivity index (χ1) is 4.93. The zero-order valence-electron chi connectivity index (χ0n) is 6.31. The van der Waals surface area contributed by atoms with Gasteiger partial charge in [-0.2, -0.15) is 0 Å². The van der Waals surface area contributed by atoms with Gasteiger partial charge in [0.25, 0.3) is 0 Å². The molecule has 0 spiro atoms. The van der Waals surface area contributed by atoms with Crippen LogP contribution in [0.1, 0.15) is 38.5 Å². The van der Waals surface area contributed by atoms with Crippen LogP contribution in [0, 0.1) is 5.92 Å². The van der Waals surface area contributed by atoms with Gasteiger partial charge in [0.2, 0.25) is 0 Å². The molecule has 0 aromatic heterocycles. The summed E-state index contributed by atoms with van der Waals surface area (Å²) in [6, 6.07) is 0. The number of hydrogen-bond donors (Lipinski definition) is 0. The fraction of sp³-hybridized carbons (Fsp3) is 0.778. The standard InChI is InChI=1S/C9H14O/c10-8-4-7-9-5-2-1-3-6-9/h4,9H,1-3,5-7H2. The van der Waals surface area contributed by atoms with Gasteiger partial charge >= 0.3 is 0 Å². The fourth-order valence-corrected chi connectivity index (χ4v) is 1.64. The highest BCUT2D eigenvalue weighted by molar-refractivity contribution is 5.44. The minimum atomic E-state index is 0.787. The van der Waals surface area contributed by atoms with Gasteiger partial charge in [0.15, 0.2) is 0 Å². The monoisotopic (exact) mass is 138 g/mol. The van der Waals surface area contributed by atoms with Crippen LogP contribution in [0.4, 0.5) is 0 Å². The van der Waals surface area contributed by atoms with Crippen LogP contribution in [0.2, 0.25) is 0 Å². The highest BCUT2D eigenvalue weighted by atomic mass is 16.1. The minimum absolute atomic E-state index is 0.787. The highest BCUT2D eigenvalue weighted by Gasteiger charge is 2.10. The highest BCUT2D eigenvalue weighted by Crippen LogP contribution is 2.25. The van der Waals surface area contributed by atoms with Gasteiger partial charge in [0.05, 0.1) is 0 Å². The third-order valence-electron chi connectivity index (χ3n) is 2.26. The lowest BCUT2D eigenvalue weighted by Gasteiger charge is -2.18. The van der Waals surface area contributed by atoms with E-state index in [1.165, 1.54) is 32.1 Å². The Hall–Kier alpha value is -0.550. The molecule has 0 saturated heterocycles. The van der Waals surface area contributed by atoms with E-state index in [-0.39, 0.29) is 0 Å². The Morgan fingerprint density at radius 3 is 2.60 bits per heavy atom. The van der Waals surface area contributed by atoms with Crippen molar-refractivity contribution in [3.05, 3.63) is 6.08 Å². The predicted molar refractivity (Wildman–Crippen MR) is 41.5 cm³/mol. The molecule has 0 amide bonds. The van der Waals surface area contributed by atoms with Crippen molar-refractivity contribution in [2.24, 2.45) is 5.92 Å². The van der Waals surface area contributed by atoms with E-state index in [0.717, 1.165) is 12.3 Å². The Morgan fingerprint density at radius 2 is 2.00 bits per heavy atom. The van der Waals surface area contributed by atoms with Gasteiger partial charge in [-0.25, -0.2) is 4.79 Å². The zero-order valence-corrected chi connectivity index (χ0v) is 6.31. The second kappa shape index (κ2) is 4.29. The summed E-state index contributed by atoms with van der Waals surface area (Å²) in [5, 5.41) is 0. The molecule has 0 radical (unpaired) electrons.